The lowest BCUT2D eigenvalue weighted by molar-refractivity contribution is -0.148. The topological polar surface area (TPSA) is 84.9 Å². The summed E-state index contributed by atoms with van der Waals surface area (Å²) < 4.78 is 9.81. The van der Waals surface area contributed by atoms with Gasteiger partial charge in [-0.05, 0) is 33.6 Å². The molecule has 18 heavy (non-hydrogen) atoms. The summed E-state index contributed by atoms with van der Waals surface area (Å²) in [6, 6.07) is 0. The molecule has 0 spiro atoms. The standard InChI is InChI=1S/C12H21NO5/c1-11(2,3)18-10(16)13-12(9(15)17-4)6-5-8(14)7-12/h8,14H,5-7H2,1-4H3,(H,13,16)/t8-,12+/m0/s1. The maximum Gasteiger partial charge on any atom is 0.408 e. The van der Waals surface area contributed by atoms with Gasteiger partial charge in [-0.3, -0.25) is 0 Å². The number of aliphatic hydroxyl groups is 1. The van der Waals surface area contributed by atoms with Crippen molar-refractivity contribution in [2.45, 2.75) is 57.3 Å². The molecule has 0 aromatic rings. The zero-order valence-electron chi connectivity index (χ0n) is 11.3. The van der Waals surface area contributed by atoms with E-state index in [1.807, 2.05) is 0 Å². The van der Waals surface area contributed by atoms with E-state index in [1.54, 1.807) is 20.8 Å². The number of amides is 1. The number of esters is 1. The Bertz CT molecular complexity index is 336. The van der Waals surface area contributed by atoms with Crippen LogP contribution < -0.4 is 5.32 Å². The van der Waals surface area contributed by atoms with Crippen molar-refractivity contribution in [2.75, 3.05) is 7.11 Å². The van der Waals surface area contributed by atoms with Gasteiger partial charge >= 0.3 is 12.1 Å². The molecular formula is C12H21NO5. The molecule has 0 heterocycles. The summed E-state index contributed by atoms with van der Waals surface area (Å²) >= 11 is 0. The van der Waals surface area contributed by atoms with Crippen molar-refractivity contribution in [2.24, 2.45) is 0 Å². The highest BCUT2D eigenvalue weighted by atomic mass is 16.6. The van der Waals surface area contributed by atoms with Crippen LogP contribution in [0.1, 0.15) is 40.0 Å². The van der Waals surface area contributed by atoms with Gasteiger partial charge in [0.2, 0.25) is 0 Å². The molecule has 6 heteroatoms. The summed E-state index contributed by atoms with van der Waals surface area (Å²) in [5.74, 6) is -0.551. The van der Waals surface area contributed by atoms with Crippen molar-refractivity contribution >= 4 is 12.1 Å². The second-order valence-corrected chi connectivity index (χ2v) is 5.60. The maximum absolute atomic E-state index is 11.8. The van der Waals surface area contributed by atoms with Crippen LogP contribution in [0.2, 0.25) is 0 Å². The first-order valence-corrected chi connectivity index (χ1v) is 5.96. The van der Waals surface area contributed by atoms with Crippen LogP contribution in [0.4, 0.5) is 4.79 Å². The monoisotopic (exact) mass is 259 g/mol. The lowest BCUT2D eigenvalue weighted by Gasteiger charge is -2.29. The SMILES string of the molecule is COC(=O)[C@@]1(NC(=O)OC(C)(C)C)CC[C@H](O)C1. The van der Waals surface area contributed by atoms with Gasteiger partial charge in [0, 0.05) is 6.42 Å². The van der Waals surface area contributed by atoms with Gasteiger partial charge in [-0.1, -0.05) is 0 Å². The van der Waals surface area contributed by atoms with E-state index < -0.39 is 29.3 Å². The Kier molecular flexibility index (Phi) is 4.21. The number of hydrogen-bond donors (Lipinski definition) is 2. The fourth-order valence-electron chi connectivity index (χ4n) is 2.06. The highest BCUT2D eigenvalue weighted by Crippen LogP contribution is 2.31. The molecule has 104 valence electrons. The van der Waals surface area contributed by atoms with Gasteiger partial charge in [-0.25, -0.2) is 9.59 Å². The Labute approximate surface area is 107 Å². The quantitative estimate of drug-likeness (QED) is 0.722. The van der Waals surface area contributed by atoms with E-state index in [1.165, 1.54) is 7.11 Å². The molecule has 2 N–H and O–H groups in total. The summed E-state index contributed by atoms with van der Waals surface area (Å²) in [7, 11) is 1.26. The van der Waals surface area contributed by atoms with Crippen LogP contribution in [0.25, 0.3) is 0 Å². The predicted octanol–water partition coefficient (Wildman–Crippen LogP) is 0.968. The number of nitrogens with one attached hydrogen (secondary N) is 1. The average Bonchev–Trinajstić information content (AvgIpc) is 2.57. The molecule has 0 aromatic heterocycles. The fraction of sp³-hybridized carbons (Fsp3) is 0.833. The molecule has 1 rings (SSSR count). The number of carbonyl (C=O) groups excluding carboxylic acids is 2. The summed E-state index contributed by atoms with van der Waals surface area (Å²) in [4.78, 5) is 23.5. The third-order valence-corrected chi connectivity index (χ3v) is 2.80. The molecule has 1 aliphatic carbocycles. The third kappa shape index (κ3) is 3.60. The molecule has 6 nitrogen and oxygen atoms in total. The van der Waals surface area contributed by atoms with Crippen LogP contribution in [-0.4, -0.2) is 41.5 Å². The number of alkyl carbamates (subject to hydrolysis) is 1. The Morgan fingerprint density at radius 3 is 2.39 bits per heavy atom. The molecule has 0 radical (unpaired) electrons. The number of hydrogen-bond acceptors (Lipinski definition) is 5. The van der Waals surface area contributed by atoms with E-state index in [0.29, 0.717) is 12.8 Å². The van der Waals surface area contributed by atoms with Gasteiger partial charge in [0.1, 0.15) is 11.1 Å². The zero-order chi connectivity index (χ0) is 14.0. The Hall–Kier alpha value is -1.30. The minimum Gasteiger partial charge on any atom is -0.467 e. The van der Waals surface area contributed by atoms with Gasteiger partial charge < -0.3 is 19.9 Å². The van der Waals surface area contributed by atoms with E-state index in [0.717, 1.165) is 0 Å². The van der Waals surface area contributed by atoms with Crippen LogP contribution in [0.15, 0.2) is 0 Å². The molecule has 0 aromatic carbocycles. The predicted molar refractivity (Wildman–Crippen MR) is 64.0 cm³/mol. The van der Waals surface area contributed by atoms with Crippen molar-refractivity contribution in [3.8, 4) is 0 Å². The lowest BCUT2D eigenvalue weighted by atomic mass is 9.98. The van der Waals surface area contributed by atoms with E-state index in [2.05, 4.69) is 5.32 Å². The summed E-state index contributed by atoms with van der Waals surface area (Å²) in [5, 5.41) is 12.1. The van der Waals surface area contributed by atoms with E-state index in [4.69, 9.17) is 9.47 Å². The molecule has 2 atom stereocenters. The van der Waals surface area contributed by atoms with Gasteiger partial charge in [0.25, 0.3) is 0 Å². The highest BCUT2D eigenvalue weighted by molar-refractivity contribution is 5.86. The normalized spacial score (nSPS) is 27.7. The zero-order valence-corrected chi connectivity index (χ0v) is 11.3. The van der Waals surface area contributed by atoms with Crippen LogP contribution in [-0.2, 0) is 14.3 Å². The molecular weight excluding hydrogens is 238 g/mol. The minimum atomic E-state index is -1.17. The van der Waals surface area contributed by atoms with Crippen LogP contribution in [0.5, 0.6) is 0 Å². The second kappa shape index (κ2) is 5.14. The fourth-order valence-corrected chi connectivity index (χ4v) is 2.06. The third-order valence-electron chi connectivity index (χ3n) is 2.80. The van der Waals surface area contributed by atoms with Gasteiger partial charge in [-0.2, -0.15) is 0 Å². The van der Waals surface area contributed by atoms with Gasteiger partial charge in [0.15, 0.2) is 0 Å². The van der Waals surface area contributed by atoms with Crippen molar-refractivity contribution in [3.63, 3.8) is 0 Å². The number of rotatable bonds is 2. The van der Waals surface area contributed by atoms with Crippen molar-refractivity contribution < 1.29 is 24.2 Å². The maximum atomic E-state index is 11.8. The number of methoxy groups -OCH3 is 1. The highest BCUT2D eigenvalue weighted by Gasteiger charge is 2.47. The molecule has 1 saturated carbocycles. The first-order chi connectivity index (χ1) is 8.18. The van der Waals surface area contributed by atoms with Crippen LogP contribution in [0, 0.1) is 0 Å². The van der Waals surface area contributed by atoms with Gasteiger partial charge in [-0.15, -0.1) is 0 Å². The van der Waals surface area contributed by atoms with Crippen LogP contribution in [0.3, 0.4) is 0 Å². The smallest absolute Gasteiger partial charge is 0.408 e. The Balaban J connectivity index is 2.75. The number of aliphatic hydroxyl groups excluding tert-OH is 1. The van der Waals surface area contributed by atoms with Gasteiger partial charge in [0.05, 0.1) is 13.2 Å². The Morgan fingerprint density at radius 2 is 2.00 bits per heavy atom. The molecule has 0 aliphatic heterocycles. The molecule has 0 unspecified atom stereocenters. The molecule has 1 amide bonds. The van der Waals surface area contributed by atoms with Crippen molar-refractivity contribution in [1.82, 2.24) is 5.32 Å². The van der Waals surface area contributed by atoms with Crippen molar-refractivity contribution in [3.05, 3.63) is 0 Å². The molecule has 1 fully saturated rings. The second-order valence-electron chi connectivity index (χ2n) is 5.60. The first-order valence-electron chi connectivity index (χ1n) is 5.96. The number of ether oxygens (including phenoxy) is 2. The minimum absolute atomic E-state index is 0.152. The summed E-state index contributed by atoms with van der Waals surface area (Å²) in [6.45, 7) is 5.21. The van der Waals surface area contributed by atoms with E-state index >= 15 is 0 Å². The first kappa shape index (κ1) is 14.8. The molecule has 0 saturated heterocycles. The van der Waals surface area contributed by atoms with E-state index in [-0.39, 0.29) is 6.42 Å². The average molecular weight is 259 g/mol. The number of carbonyl (C=O) groups is 2. The molecule has 0 bridgehead atoms. The summed E-state index contributed by atoms with van der Waals surface area (Å²) in [6.07, 6.45) is -0.342. The largest absolute Gasteiger partial charge is 0.467 e. The van der Waals surface area contributed by atoms with E-state index in [9.17, 15) is 14.7 Å². The lowest BCUT2D eigenvalue weighted by Crippen LogP contribution is -2.54. The van der Waals surface area contributed by atoms with Crippen LogP contribution >= 0.6 is 0 Å². The molecule has 1 aliphatic rings. The van der Waals surface area contributed by atoms with Crippen molar-refractivity contribution in [1.29, 1.82) is 0 Å². The summed E-state index contributed by atoms with van der Waals surface area (Å²) in [5.41, 5.74) is -1.81. The Morgan fingerprint density at radius 1 is 1.39 bits per heavy atom.